The lowest BCUT2D eigenvalue weighted by Gasteiger charge is -2.08. The molecule has 0 aromatic heterocycles. The van der Waals surface area contributed by atoms with E-state index in [1.54, 1.807) is 0 Å². The van der Waals surface area contributed by atoms with Crippen molar-refractivity contribution in [2.75, 3.05) is 13.2 Å². The molecule has 0 aromatic rings. The summed E-state index contributed by atoms with van der Waals surface area (Å²) in [6.07, 6.45) is 4.51. The highest BCUT2D eigenvalue weighted by molar-refractivity contribution is 9.09. The van der Waals surface area contributed by atoms with Crippen LogP contribution in [-0.2, 0) is 14.3 Å². The van der Waals surface area contributed by atoms with Crippen LogP contribution < -0.4 is 0 Å². The van der Waals surface area contributed by atoms with Crippen molar-refractivity contribution in [2.45, 2.75) is 35.3 Å². The Balaban J connectivity index is 3.23. The molecule has 0 aliphatic heterocycles. The van der Waals surface area contributed by atoms with Gasteiger partial charge in [-0.25, -0.2) is 0 Å². The van der Waals surface area contributed by atoms with Gasteiger partial charge in [0.15, 0.2) is 0 Å². The Bertz CT molecular complexity index is 158. The van der Waals surface area contributed by atoms with Crippen LogP contribution >= 0.6 is 31.9 Å². The fourth-order valence-corrected chi connectivity index (χ4v) is 1.65. The van der Waals surface area contributed by atoms with Gasteiger partial charge in [-0.3, -0.25) is 0 Å². The Morgan fingerprint density at radius 3 is 1.67 bits per heavy atom. The predicted octanol–water partition coefficient (Wildman–Crippen LogP) is 2.49. The number of halogens is 2. The predicted molar refractivity (Wildman–Crippen MR) is 66.8 cm³/mol. The van der Waals surface area contributed by atoms with Crippen LogP contribution in [0.3, 0.4) is 0 Å². The van der Waals surface area contributed by atoms with Gasteiger partial charge in [0, 0.05) is 35.7 Å². The van der Waals surface area contributed by atoms with E-state index in [4.69, 9.17) is 4.74 Å². The lowest BCUT2D eigenvalue weighted by Crippen LogP contribution is -2.08. The van der Waals surface area contributed by atoms with Gasteiger partial charge in [0.2, 0.25) is 0 Å². The Morgan fingerprint density at radius 2 is 1.33 bits per heavy atom. The Hall–Kier alpha value is 0.260. The van der Waals surface area contributed by atoms with E-state index in [0.29, 0.717) is 26.1 Å². The van der Waals surface area contributed by atoms with Crippen molar-refractivity contribution < 1.29 is 14.3 Å². The number of aldehydes is 2. The van der Waals surface area contributed by atoms with Crippen LogP contribution in [0.5, 0.6) is 0 Å². The number of rotatable bonds is 10. The van der Waals surface area contributed by atoms with Crippen LogP contribution in [0.2, 0.25) is 0 Å². The second-order valence-corrected chi connectivity index (χ2v) is 5.78. The first-order valence-electron chi connectivity index (χ1n) is 4.93. The lowest BCUT2D eigenvalue weighted by molar-refractivity contribution is -0.108. The highest BCUT2D eigenvalue weighted by Gasteiger charge is 2.04. The number of alkyl halides is 2. The highest BCUT2D eigenvalue weighted by atomic mass is 79.9. The average Bonchev–Trinajstić information content (AvgIpc) is 2.18. The molecule has 0 saturated heterocycles. The van der Waals surface area contributed by atoms with Crippen LogP contribution in [0.25, 0.3) is 0 Å². The zero-order chi connectivity index (χ0) is 11.5. The number of ether oxygens (including phenoxy) is 1. The van der Waals surface area contributed by atoms with Crippen molar-refractivity contribution in [1.29, 1.82) is 0 Å². The SMILES string of the molecule is O=CCC(Br)CCOCCC(Br)CC=O. The Labute approximate surface area is 107 Å². The van der Waals surface area contributed by atoms with Gasteiger partial charge in [-0.2, -0.15) is 0 Å². The second kappa shape index (κ2) is 10.8. The third kappa shape index (κ3) is 10.5. The van der Waals surface area contributed by atoms with Gasteiger partial charge in [-0.1, -0.05) is 31.9 Å². The summed E-state index contributed by atoms with van der Waals surface area (Å²) in [5, 5.41) is 0. The van der Waals surface area contributed by atoms with E-state index in [9.17, 15) is 9.59 Å². The van der Waals surface area contributed by atoms with Crippen LogP contribution in [0.15, 0.2) is 0 Å². The minimum Gasteiger partial charge on any atom is -0.381 e. The zero-order valence-electron chi connectivity index (χ0n) is 8.53. The third-order valence-electron chi connectivity index (χ3n) is 1.85. The molecule has 0 rings (SSSR count). The molecule has 2 atom stereocenters. The molecule has 0 amide bonds. The van der Waals surface area contributed by atoms with Crippen molar-refractivity contribution in [2.24, 2.45) is 0 Å². The van der Waals surface area contributed by atoms with Crippen LogP contribution in [0.1, 0.15) is 25.7 Å². The number of hydrogen-bond acceptors (Lipinski definition) is 3. The monoisotopic (exact) mass is 342 g/mol. The molecule has 0 N–H and O–H groups in total. The minimum atomic E-state index is 0.213. The fourth-order valence-electron chi connectivity index (χ4n) is 0.969. The topological polar surface area (TPSA) is 43.4 Å². The van der Waals surface area contributed by atoms with E-state index in [1.807, 2.05) is 0 Å². The molecule has 0 saturated carbocycles. The summed E-state index contributed by atoms with van der Waals surface area (Å²) in [6, 6.07) is 0. The highest BCUT2D eigenvalue weighted by Crippen LogP contribution is 2.10. The summed E-state index contributed by atoms with van der Waals surface area (Å²) in [5.41, 5.74) is 0. The molecule has 0 spiro atoms. The van der Waals surface area contributed by atoms with Crippen LogP contribution in [-0.4, -0.2) is 35.4 Å². The van der Waals surface area contributed by atoms with Crippen LogP contribution in [0.4, 0.5) is 0 Å². The van der Waals surface area contributed by atoms with Gasteiger partial charge < -0.3 is 14.3 Å². The van der Waals surface area contributed by atoms with Crippen molar-refractivity contribution in [1.82, 2.24) is 0 Å². The zero-order valence-corrected chi connectivity index (χ0v) is 11.7. The first kappa shape index (κ1) is 15.3. The molecule has 0 bridgehead atoms. The molecule has 5 heteroatoms. The maximum atomic E-state index is 10.2. The largest absolute Gasteiger partial charge is 0.381 e. The summed E-state index contributed by atoms with van der Waals surface area (Å²) in [5.74, 6) is 0. The van der Waals surface area contributed by atoms with Crippen molar-refractivity contribution in [3.05, 3.63) is 0 Å². The molecule has 0 aliphatic carbocycles. The van der Waals surface area contributed by atoms with Gasteiger partial charge in [-0.05, 0) is 12.8 Å². The molecule has 15 heavy (non-hydrogen) atoms. The number of carbonyl (C=O) groups is 2. The molecule has 3 nitrogen and oxygen atoms in total. The average molecular weight is 344 g/mol. The molecule has 2 unspecified atom stereocenters. The first-order chi connectivity index (χ1) is 7.20. The van der Waals surface area contributed by atoms with E-state index in [-0.39, 0.29) is 9.65 Å². The molecule has 88 valence electrons. The molecular formula is C10H16Br2O3. The van der Waals surface area contributed by atoms with Crippen molar-refractivity contribution in [3.63, 3.8) is 0 Å². The second-order valence-electron chi connectivity index (χ2n) is 3.19. The summed E-state index contributed by atoms with van der Waals surface area (Å²) < 4.78 is 5.38. The summed E-state index contributed by atoms with van der Waals surface area (Å²) in [7, 11) is 0. The van der Waals surface area contributed by atoms with E-state index in [2.05, 4.69) is 31.9 Å². The van der Waals surface area contributed by atoms with Gasteiger partial charge in [-0.15, -0.1) is 0 Å². The summed E-state index contributed by atoms with van der Waals surface area (Å²) in [4.78, 5) is 20.7. The van der Waals surface area contributed by atoms with Gasteiger partial charge >= 0.3 is 0 Å². The fraction of sp³-hybridized carbons (Fsp3) is 0.800. The normalized spacial score (nSPS) is 14.5. The van der Waals surface area contributed by atoms with E-state index in [1.165, 1.54) is 0 Å². The van der Waals surface area contributed by atoms with Gasteiger partial charge in [0.25, 0.3) is 0 Å². The van der Waals surface area contributed by atoms with Gasteiger partial charge in [0.05, 0.1) is 0 Å². The quantitative estimate of drug-likeness (QED) is 0.348. The maximum Gasteiger partial charge on any atom is 0.121 e. The molecule has 0 heterocycles. The summed E-state index contributed by atoms with van der Waals surface area (Å²) >= 11 is 6.75. The third-order valence-corrected chi connectivity index (χ3v) is 3.52. The summed E-state index contributed by atoms with van der Waals surface area (Å²) in [6.45, 7) is 1.29. The van der Waals surface area contributed by atoms with Gasteiger partial charge in [0.1, 0.15) is 12.6 Å². The number of carbonyl (C=O) groups excluding carboxylic acids is 2. The smallest absolute Gasteiger partial charge is 0.121 e. The molecule has 0 radical (unpaired) electrons. The molecule has 0 fully saturated rings. The standard InChI is InChI=1S/C10H16Br2O3/c11-9(1-5-13)3-7-15-8-4-10(12)2-6-14/h5-6,9-10H,1-4,7-8H2. The van der Waals surface area contributed by atoms with Crippen LogP contribution in [0, 0.1) is 0 Å². The van der Waals surface area contributed by atoms with E-state index in [0.717, 1.165) is 25.4 Å². The molecule has 0 aromatic carbocycles. The number of hydrogen-bond donors (Lipinski definition) is 0. The molecular weight excluding hydrogens is 328 g/mol. The Kier molecular flexibility index (Phi) is 11.0. The maximum absolute atomic E-state index is 10.2. The first-order valence-corrected chi connectivity index (χ1v) is 6.77. The van der Waals surface area contributed by atoms with Crippen molar-refractivity contribution in [3.8, 4) is 0 Å². The molecule has 0 aliphatic rings. The Morgan fingerprint density at radius 1 is 0.933 bits per heavy atom. The van der Waals surface area contributed by atoms with Crippen molar-refractivity contribution >= 4 is 44.4 Å². The van der Waals surface area contributed by atoms with E-state index < -0.39 is 0 Å². The minimum absolute atomic E-state index is 0.213. The van der Waals surface area contributed by atoms with E-state index >= 15 is 0 Å². The lowest BCUT2D eigenvalue weighted by atomic mass is 10.2.